The lowest BCUT2D eigenvalue weighted by atomic mass is 10.0. The van der Waals surface area contributed by atoms with E-state index in [1.54, 1.807) is 6.07 Å². The Balaban J connectivity index is 1.91. The van der Waals surface area contributed by atoms with Gasteiger partial charge in [-0.15, -0.1) is 0 Å². The number of nitrogens with zero attached hydrogens (tertiary/aromatic N) is 1. The van der Waals surface area contributed by atoms with E-state index in [-0.39, 0.29) is 11.9 Å². The molecule has 1 aromatic carbocycles. The van der Waals surface area contributed by atoms with E-state index in [0.29, 0.717) is 19.5 Å². The molecule has 1 aliphatic carbocycles. The number of aliphatic carboxylic acids is 1. The second kappa shape index (κ2) is 4.90. The molecule has 2 unspecified atom stereocenters. The molecule has 1 heterocycles. The fourth-order valence-electron chi connectivity index (χ4n) is 3.25. The van der Waals surface area contributed by atoms with Gasteiger partial charge in [0.2, 0.25) is 0 Å². The van der Waals surface area contributed by atoms with Gasteiger partial charge in [0.25, 0.3) is 0 Å². The predicted octanol–water partition coefficient (Wildman–Crippen LogP) is 1.17. The Kier molecular flexibility index (Phi) is 3.24. The summed E-state index contributed by atoms with van der Waals surface area (Å²) in [5.74, 6) is -0.973. The Labute approximate surface area is 111 Å². The summed E-state index contributed by atoms with van der Waals surface area (Å²) >= 11 is 0. The molecule has 2 atom stereocenters. The highest BCUT2D eigenvalue weighted by Gasteiger charge is 2.37. The van der Waals surface area contributed by atoms with Crippen molar-refractivity contribution in [1.82, 2.24) is 10.2 Å². The Bertz CT molecular complexity index is 506. The fourth-order valence-corrected chi connectivity index (χ4v) is 3.25. The molecule has 0 amide bonds. The summed E-state index contributed by atoms with van der Waals surface area (Å²) in [6.07, 6.45) is 1.50. The van der Waals surface area contributed by atoms with E-state index in [9.17, 15) is 14.3 Å². The Morgan fingerprint density at radius 3 is 3.11 bits per heavy atom. The third-order valence-corrected chi connectivity index (χ3v) is 4.15. The molecule has 0 spiro atoms. The zero-order valence-electron chi connectivity index (χ0n) is 10.6. The average molecular weight is 264 g/mol. The number of fused-ring (bicyclic) bond motifs is 1. The van der Waals surface area contributed by atoms with Crippen molar-refractivity contribution >= 4 is 5.97 Å². The number of carboxylic acids is 1. The van der Waals surface area contributed by atoms with Crippen LogP contribution in [0.15, 0.2) is 18.2 Å². The lowest BCUT2D eigenvalue weighted by molar-refractivity contribution is -0.145. The number of carboxylic acid groups (broad SMARTS) is 1. The predicted molar refractivity (Wildman–Crippen MR) is 68.5 cm³/mol. The van der Waals surface area contributed by atoms with Gasteiger partial charge >= 0.3 is 5.97 Å². The first kappa shape index (κ1) is 12.6. The van der Waals surface area contributed by atoms with Crippen LogP contribution in [0.25, 0.3) is 0 Å². The molecule has 4 nitrogen and oxygen atoms in total. The minimum atomic E-state index is -0.808. The van der Waals surface area contributed by atoms with Gasteiger partial charge in [0.05, 0.1) is 0 Å². The number of rotatable bonds is 2. The maximum atomic E-state index is 13.7. The van der Waals surface area contributed by atoms with Crippen molar-refractivity contribution in [2.45, 2.75) is 24.9 Å². The van der Waals surface area contributed by atoms with Crippen LogP contribution in [-0.4, -0.2) is 41.7 Å². The largest absolute Gasteiger partial charge is 0.480 e. The lowest BCUT2D eigenvalue weighted by Crippen LogP contribution is -2.55. The first-order chi connectivity index (χ1) is 9.18. The van der Waals surface area contributed by atoms with Crippen LogP contribution in [0.3, 0.4) is 0 Å². The van der Waals surface area contributed by atoms with Gasteiger partial charge in [-0.25, -0.2) is 4.39 Å². The minimum Gasteiger partial charge on any atom is -0.480 e. The Hall–Kier alpha value is -1.46. The molecular weight excluding hydrogens is 247 g/mol. The summed E-state index contributed by atoms with van der Waals surface area (Å²) in [5, 5.41) is 12.4. The van der Waals surface area contributed by atoms with Crippen LogP contribution in [0, 0.1) is 5.82 Å². The topological polar surface area (TPSA) is 52.6 Å². The third kappa shape index (κ3) is 2.13. The third-order valence-electron chi connectivity index (χ3n) is 4.15. The van der Waals surface area contributed by atoms with Crippen LogP contribution in [-0.2, 0) is 11.2 Å². The molecule has 2 N–H and O–H groups in total. The standard InChI is InChI=1S/C14H17FN2O2/c15-11-3-1-2-10-9(11)4-5-12(10)17-7-6-16-8-13(17)14(18)19/h1-3,12-13,16H,4-8H2,(H,18,19). The molecule has 1 fully saturated rings. The van der Waals surface area contributed by atoms with Crippen molar-refractivity contribution in [3.8, 4) is 0 Å². The van der Waals surface area contributed by atoms with E-state index >= 15 is 0 Å². The van der Waals surface area contributed by atoms with Crippen LogP contribution in [0.1, 0.15) is 23.6 Å². The van der Waals surface area contributed by atoms with Crippen LogP contribution in [0.2, 0.25) is 0 Å². The van der Waals surface area contributed by atoms with Crippen LogP contribution < -0.4 is 5.32 Å². The fraction of sp³-hybridized carbons (Fsp3) is 0.500. The quantitative estimate of drug-likeness (QED) is 0.842. The highest BCUT2D eigenvalue weighted by Crippen LogP contribution is 2.38. The van der Waals surface area contributed by atoms with Crippen LogP contribution >= 0.6 is 0 Å². The minimum absolute atomic E-state index is 0.0360. The molecule has 1 saturated heterocycles. The molecule has 3 rings (SSSR count). The number of hydrogen-bond donors (Lipinski definition) is 2. The number of carbonyl (C=O) groups is 1. The molecule has 5 heteroatoms. The van der Waals surface area contributed by atoms with E-state index in [1.165, 1.54) is 6.07 Å². The summed E-state index contributed by atoms with van der Waals surface area (Å²) in [4.78, 5) is 13.3. The number of piperazine rings is 1. The smallest absolute Gasteiger partial charge is 0.322 e. The maximum Gasteiger partial charge on any atom is 0.322 e. The first-order valence-electron chi connectivity index (χ1n) is 6.65. The van der Waals surface area contributed by atoms with E-state index < -0.39 is 12.0 Å². The van der Waals surface area contributed by atoms with Crippen molar-refractivity contribution in [3.05, 3.63) is 35.1 Å². The van der Waals surface area contributed by atoms with Crippen molar-refractivity contribution in [3.63, 3.8) is 0 Å². The molecule has 2 aliphatic rings. The number of benzene rings is 1. The molecule has 0 bridgehead atoms. The zero-order chi connectivity index (χ0) is 13.4. The molecule has 1 aromatic rings. The van der Waals surface area contributed by atoms with Crippen molar-refractivity contribution in [2.75, 3.05) is 19.6 Å². The van der Waals surface area contributed by atoms with Crippen LogP contribution in [0.4, 0.5) is 4.39 Å². The molecular formula is C14H17FN2O2. The Morgan fingerprint density at radius 2 is 2.32 bits per heavy atom. The molecule has 0 radical (unpaired) electrons. The second-order valence-electron chi connectivity index (χ2n) is 5.16. The normalized spacial score (nSPS) is 27.2. The zero-order valence-corrected chi connectivity index (χ0v) is 10.6. The summed E-state index contributed by atoms with van der Waals surface area (Å²) in [6, 6.07) is 4.64. The average Bonchev–Trinajstić information content (AvgIpc) is 2.84. The Morgan fingerprint density at radius 1 is 1.47 bits per heavy atom. The molecule has 0 saturated carbocycles. The van der Waals surface area contributed by atoms with Gasteiger partial charge < -0.3 is 10.4 Å². The highest BCUT2D eigenvalue weighted by atomic mass is 19.1. The number of hydrogen-bond acceptors (Lipinski definition) is 3. The summed E-state index contributed by atoms with van der Waals surface area (Å²) < 4.78 is 13.7. The number of nitrogens with one attached hydrogen (secondary N) is 1. The van der Waals surface area contributed by atoms with Gasteiger partial charge in [0.15, 0.2) is 0 Å². The van der Waals surface area contributed by atoms with Crippen molar-refractivity contribution < 1.29 is 14.3 Å². The highest BCUT2D eigenvalue weighted by molar-refractivity contribution is 5.74. The maximum absolute atomic E-state index is 13.7. The summed E-state index contributed by atoms with van der Waals surface area (Å²) in [6.45, 7) is 1.93. The summed E-state index contributed by atoms with van der Waals surface area (Å²) in [7, 11) is 0. The number of halogens is 1. The molecule has 1 aliphatic heterocycles. The van der Waals surface area contributed by atoms with Crippen molar-refractivity contribution in [1.29, 1.82) is 0 Å². The van der Waals surface area contributed by atoms with Crippen molar-refractivity contribution in [2.24, 2.45) is 0 Å². The van der Waals surface area contributed by atoms with E-state index in [2.05, 4.69) is 5.32 Å². The lowest BCUT2D eigenvalue weighted by Gasteiger charge is -2.38. The molecule has 19 heavy (non-hydrogen) atoms. The summed E-state index contributed by atoms with van der Waals surface area (Å²) in [5.41, 5.74) is 1.73. The van der Waals surface area contributed by atoms with E-state index in [4.69, 9.17) is 0 Å². The van der Waals surface area contributed by atoms with Gasteiger partial charge in [0.1, 0.15) is 11.9 Å². The van der Waals surface area contributed by atoms with Gasteiger partial charge in [0, 0.05) is 25.7 Å². The van der Waals surface area contributed by atoms with E-state index in [1.807, 2.05) is 11.0 Å². The van der Waals surface area contributed by atoms with Gasteiger partial charge in [-0.3, -0.25) is 9.69 Å². The van der Waals surface area contributed by atoms with Gasteiger partial charge in [-0.1, -0.05) is 12.1 Å². The molecule has 102 valence electrons. The first-order valence-corrected chi connectivity index (χ1v) is 6.65. The van der Waals surface area contributed by atoms with Gasteiger partial charge in [-0.2, -0.15) is 0 Å². The SMILES string of the molecule is O=C(O)C1CNCCN1C1CCc2c(F)cccc21. The monoisotopic (exact) mass is 264 g/mol. The second-order valence-corrected chi connectivity index (χ2v) is 5.16. The molecule has 0 aromatic heterocycles. The van der Waals surface area contributed by atoms with Gasteiger partial charge in [-0.05, 0) is 30.0 Å². The van der Waals surface area contributed by atoms with E-state index in [0.717, 1.165) is 24.1 Å². The van der Waals surface area contributed by atoms with Crippen LogP contribution in [0.5, 0.6) is 0 Å².